The molecule has 1 rings (SSSR count). The van der Waals surface area contributed by atoms with Crippen molar-refractivity contribution in [2.75, 3.05) is 13.1 Å². The van der Waals surface area contributed by atoms with Crippen LogP contribution in [0.1, 0.15) is 26.7 Å². The maximum Gasteiger partial charge on any atom is 0.410 e. The van der Waals surface area contributed by atoms with Crippen molar-refractivity contribution in [2.24, 2.45) is 5.84 Å². The van der Waals surface area contributed by atoms with Gasteiger partial charge in [-0.1, -0.05) is 0 Å². The van der Waals surface area contributed by atoms with E-state index >= 15 is 0 Å². The molecule has 1 saturated heterocycles. The Kier molecular flexibility index (Phi) is 6.63. The molecule has 0 radical (unpaired) electrons. The standard InChI is InChI=1S/C9H19N3O2.ClH/c1-7(2)14-9(13)12-5-3-8(11-10)4-6-12;/h7-8,11H,3-6,10H2,1-2H3;1H. The molecule has 5 nitrogen and oxygen atoms in total. The highest BCUT2D eigenvalue weighted by atomic mass is 35.5. The average molecular weight is 238 g/mol. The fraction of sp³-hybridized carbons (Fsp3) is 0.889. The summed E-state index contributed by atoms with van der Waals surface area (Å²) in [6.07, 6.45) is 1.52. The van der Waals surface area contributed by atoms with Crippen LogP contribution in [0, 0.1) is 0 Å². The van der Waals surface area contributed by atoms with Gasteiger partial charge in [0.2, 0.25) is 0 Å². The van der Waals surface area contributed by atoms with Crippen molar-refractivity contribution < 1.29 is 9.53 Å². The molecule has 1 fully saturated rings. The van der Waals surface area contributed by atoms with E-state index in [2.05, 4.69) is 5.43 Å². The van der Waals surface area contributed by atoms with Gasteiger partial charge in [0.1, 0.15) is 0 Å². The SMILES string of the molecule is CC(C)OC(=O)N1CCC(NN)CC1.Cl. The molecule has 1 amide bonds. The van der Waals surface area contributed by atoms with E-state index in [-0.39, 0.29) is 24.6 Å². The molecule has 0 saturated carbocycles. The second kappa shape index (κ2) is 6.87. The maximum atomic E-state index is 11.5. The summed E-state index contributed by atoms with van der Waals surface area (Å²) < 4.78 is 5.09. The van der Waals surface area contributed by atoms with E-state index < -0.39 is 0 Å². The lowest BCUT2D eigenvalue weighted by Gasteiger charge is -2.31. The number of rotatable bonds is 2. The van der Waals surface area contributed by atoms with Gasteiger partial charge >= 0.3 is 6.09 Å². The number of ether oxygens (including phenoxy) is 1. The van der Waals surface area contributed by atoms with Crippen LogP contribution in [0.5, 0.6) is 0 Å². The molecule has 15 heavy (non-hydrogen) atoms. The van der Waals surface area contributed by atoms with Gasteiger partial charge in [0, 0.05) is 19.1 Å². The minimum Gasteiger partial charge on any atom is -0.447 e. The minimum absolute atomic E-state index is 0. The van der Waals surface area contributed by atoms with E-state index in [0.717, 1.165) is 25.9 Å². The van der Waals surface area contributed by atoms with Gasteiger partial charge in [0.25, 0.3) is 0 Å². The van der Waals surface area contributed by atoms with Crippen LogP contribution >= 0.6 is 12.4 Å². The Morgan fingerprint density at radius 1 is 1.47 bits per heavy atom. The van der Waals surface area contributed by atoms with E-state index in [1.807, 2.05) is 13.8 Å². The number of nitrogens with zero attached hydrogens (tertiary/aromatic N) is 1. The van der Waals surface area contributed by atoms with Gasteiger partial charge in [-0.3, -0.25) is 11.3 Å². The maximum absolute atomic E-state index is 11.5. The molecule has 3 N–H and O–H groups in total. The molecule has 0 spiro atoms. The van der Waals surface area contributed by atoms with Crippen LogP contribution in [0.3, 0.4) is 0 Å². The highest BCUT2D eigenvalue weighted by molar-refractivity contribution is 5.85. The highest BCUT2D eigenvalue weighted by Crippen LogP contribution is 2.11. The monoisotopic (exact) mass is 237 g/mol. The molecule has 0 aromatic carbocycles. The summed E-state index contributed by atoms with van der Waals surface area (Å²) >= 11 is 0. The number of hydrogen-bond donors (Lipinski definition) is 2. The first-order valence-electron chi connectivity index (χ1n) is 5.05. The summed E-state index contributed by atoms with van der Waals surface area (Å²) in [4.78, 5) is 13.2. The van der Waals surface area contributed by atoms with Crippen molar-refractivity contribution in [1.82, 2.24) is 10.3 Å². The van der Waals surface area contributed by atoms with E-state index in [1.54, 1.807) is 4.90 Å². The first-order chi connectivity index (χ1) is 6.63. The number of halogens is 1. The molecule has 0 atom stereocenters. The van der Waals surface area contributed by atoms with E-state index in [0.29, 0.717) is 6.04 Å². The molecular weight excluding hydrogens is 218 g/mol. The third kappa shape index (κ3) is 4.68. The van der Waals surface area contributed by atoms with Crippen molar-refractivity contribution in [1.29, 1.82) is 0 Å². The number of amides is 1. The molecule has 1 aliphatic heterocycles. The largest absolute Gasteiger partial charge is 0.447 e. The van der Waals surface area contributed by atoms with Crippen LogP contribution < -0.4 is 11.3 Å². The van der Waals surface area contributed by atoms with Crippen LogP contribution in [0.15, 0.2) is 0 Å². The Morgan fingerprint density at radius 3 is 2.40 bits per heavy atom. The van der Waals surface area contributed by atoms with Crippen LogP contribution in [0.25, 0.3) is 0 Å². The van der Waals surface area contributed by atoms with Gasteiger partial charge in [0.05, 0.1) is 6.10 Å². The van der Waals surface area contributed by atoms with Crippen LogP contribution in [0.2, 0.25) is 0 Å². The minimum atomic E-state index is -0.213. The van der Waals surface area contributed by atoms with E-state index in [4.69, 9.17) is 10.6 Å². The molecule has 0 aromatic rings. The third-order valence-corrected chi connectivity index (χ3v) is 2.33. The fourth-order valence-corrected chi connectivity index (χ4v) is 1.50. The average Bonchev–Trinajstić information content (AvgIpc) is 2.17. The van der Waals surface area contributed by atoms with Gasteiger partial charge in [-0.15, -0.1) is 12.4 Å². The first-order valence-corrected chi connectivity index (χ1v) is 5.05. The van der Waals surface area contributed by atoms with E-state index in [9.17, 15) is 4.79 Å². The predicted octanol–water partition coefficient (Wildman–Crippen LogP) is 0.881. The molecule has 0 aromatic heterocycles. The number of nitrogens with two attached hydrogens (primary N) is 1. The summed E-state index contributed by atoms with van der Waals surface area (Å²) in [6, 6.07) is 0.332. The quantitative estimate of drug-likeness (QED) is 0.553. The number of piperidine rings is 1. The molecule has 6 heteroatoms. The highest BCUT2D eigenvalue weighted by Gasteiger charge is 2.23. The van der Waals surface area contributed by atoms with Crippen molar-refractivity contribution in [3.8, 4) is 0 Å². The molecule has 0 bridgehead atoms. The molecule has 1 heterocycles. The number of hydrazine groups is 1. The zero-order chi connectivity index (χ0) is 10.6. The number of nitrogens with one attached hydrogen (secondary N) is 1. The second-order valence-electron chi connectivity index (χ2n) is 3.86. The first kappa shape index (κ1) is 14.5. The Morgan fingerprint density at radius 2 is 2.00 bits per heavy atom. The summed E-state index contributed by atoms with van der Waals surface area (Å²) in [7, 11) is 0. The predicted molar refractivity (Wildman–Crippen MR) is 60.8 cm³/mol. The van der Waals surface area contributed by atoms with Gasteiger partial charge in [-0.2, -0.15) is 0 Å². The van der Waals surface area contributed by atoms with Gasteiger partial charge in [0.15, 0.2) is 0 Å². The molecule has 0 aliphatic carbocycles. The summed E-state index contributed by atoms with van der Waals surface area (Å²) in [5.74, 6) is 5.32. The van der Waals surface area contributed by atoms with E-state index in [1.165, 1.54) is 0 Å². The molecular formula is C9H20ClN3O2. The van der Waals surface area contributed by atoms with Crippen molar-refractivity contribution >= 4 is 18.5 Å². The van der Waals surface area contributed by atoms with Crippen molar-refractivity contribution in [3.63, 3.8) is 0 Å². The molecule has 90 valence electrons. The number of carbonyl (C=O) groups is 1. The zero-order valence-electron chi connectivity index (χ0n) is 9.23. The smallest absolute Gasteiger partial charge is 0.410 e. The van der Waals surface area contributed by atoms with Crippen molar-refractivity contribution in [2.45, 2.75) is 38.8 Å². The Hall–Kier alpha value is -0.520. The lowest BCUT2D eigenvalue weighted by Crippen LogP contribution is -2.47. The van der Waals surface area contributed by atoms with Crippen LogP contribution in [-0.2, 0) is 4.74 Å². The van der Waals surface area contributed by atoms with Gasteiger partial charge in [-0.25, -0.2) is 4.79 Å². The Labute approximate surface area is 96.7 Å². The number of hydrogen-bond acceptors (Lipinski definition) is 4. The molecule has 1 aliphatic rings. The van der Waals surface area contributed by atoms with Crippen LogP contribution in [-0.4, -0.2) is 36.2 Å². The number of carbonyl (C=O) groups excluding carboxylic acids is 1. The molecule has 0 unspecified atom stereocenters. The van der Waals surface area contributed by atoms with Gasteiger partial charge in [-0.05, 0) is 26.7 Å². The zero-order valence-corrected chi connectivity index (χ0v) is 10.0. The fourth-order valence-electron chi connectivity index (χ4n) is 1.50. The summed E-state index contributed by atoms with van der Waals surface area (Å²) in [5, 5.41) is 0. The lowest BCUT2D eigenvalue weighted by molar-refractivity contribution is 0.0679. The number of likely N-dealkylation sites (tertiary alicyclic amines) is 1. The summed E-state index contributed by atoms with van der Waals surface area (Å²) in [5.41, 5.74) is 2.73. The normalized spacial score (nSPS) is 17.5. The third-order valence-electron chi connectivity index (χ3n) is 2.33. The Balaban J connectivity index is 0.00000196. The van der Waals surface area contributed by atoms with Crippen LogP contribution in [0.4, 0.5) is 4.79 Å². The summed E-state index contributed by atoms with van der Waals surface area (Å²) in [6.45, 7) is 5.15. The Bertz CT molecular complexity index is 194. The topological polar surface area (TPSA) is 67.6 Å². The van der Waals surface area contributed by atoms with Gasteiger partial charge < -0.3 is 9.64 Å². The second-order valence-corrected chi connectivity index (χ2v) is 3.86. The van der Waals surface area contributed by atoms with Crippen molar-refractivity contribution in [3.05, 3.63) is 0 Å². The lowest BCUT2D eigenvalue weighted by atomic mass is 10.1.